The molecule has 0 atom stereocenters. The highest BCUT2D eigenvalue weighted by atomic mass is 32.1. The predicted molar refractivity (Wildman–Crippen MR) is 118 cm³/mol. The summed E-state index contributed by atoms with van der Waals surface area (Å²) in [6, 6.07) is 25.5. The number of hydrogen-bond donors (Lipinski definition) is 1. The van der Waals surface area contributed by atoms with Gasteiger partial charge in [-0.05, 0) is 53.3 Å². The van der Waals surface area contributed by atoms with Crippen LogP contribution < -0.4 is 4.74 Å². The largest absolute Gasteiger partial charge is 0.488 e. The zero-order valence-corrected chi connectivity index (χ0v) is 16.8. The Kier molecular flexibility index (Phi) is 5.45. The standard InChI is InChI=1S/C25H20O3S/c1-17-15-19(25(26)27)11-12-20(17)24-22(13-14-29-24)21-9-5-6-10-23(21)28-16-18-7-3-2-4-8-18/h2-15H,16H2,1H3,(H,26,27). The lowest BCUT2D eigenvalue weighted by Crippen LogP contribution is -1.98. The van der Waals surface area contributed by atoms with Crippen LogP contribution in [0.15, 0.2) is 84.2 Å². The number of carboxylic acids is 1. The molecule has 0 aliphatic rings. The van der Waals surface area contributed by atoms with Crippen LogP contribution in [0, 0.1) is 6.92 Å². The molecule has 4 heteroatoms. The van der Waals surface area contributed by atoms with Gasteiger partial charge in [-0.2, -0.15) is 0 Å². The van der Waals surface area contributed by atoms with Crippen molar-refractivity contribution in [2.45, 2.75) is 13.5 Å². The van der Waals surface area contributed by atoms with Crippen molar-refractivity contribution in [2.75, 3.05) is 0 Å². The summed E-state index contributed by atoms with van der Waals surface area (Å²) >= 11 is 1.65. The van der Waals surface area contributed by atoms with Gasteiger partial charge in [0.15, 0.2) is 0 Å². The Balaban J connectivity index is 1.69. The summed E-state index contributed by atoms with van der Waals surface area (Å²) in [5.41, 5.74) is 5.52. The molecule has 0 aliphatic carbocycles. The molecule has 0 unspecified atom stereocenters. The SMILES string of the molecule is Cc1cc(C(=O)O)ccc1-c1sccc1-c1ccccc1OCc1ccccc1. The van der Waals surface area contributed by atoms with E-state index in [2.05, 4.69) is 17.5 Å². The maximum atomic E-state index is 11.3. The molecule has 1 heterocycles. The fraction of sp³-hybridized carbons (Fsp3) is 0.0800. The minimum Gasteiger partial charge on any atom is -0.488 e. The molecule has 29 heavy (non-hydrogen) atoms. The van der Waals surface area contributed by atoms with Crippen LogP contribution in [-0.2, 0) is 6.61 Å². The number of aryl methyl sites for hydroxylation is 1. The van der Waals surface area contributed by atoms with Crippen molar-refractivity contribution < 1.29 is 14.6 Å². The Labute approximate surface area is 173 Å². The van der Waals surface area contributed by atoms with E-state index in [1.54, 1.807) is 23.5 Å². The van der Waals surface area contributed by atoms with Gasteiger partial charge in [-0.25, -0.2) is 4.79 Å². The average Bonchev–Trinajstić information content (AvgIpc) is 3.22. The van der Waals surface area contributed by atoms with E-state index in [1.165, 1.54) is 0 Å². The van der Waals surface area contributed by atoms with Gasteiger partial charge < -0.3 is 9.84 Å². The van der Waals surface area contributed by atoms with Crippen LogP contribution >= 0.6 is 11.3 Å². The quantitative estimate of drug-likeness (QED) is 0.393. The van der Waals surface area contributed by atoms with Crippen molar-refractivity contribution >= 4 is 17.3 Å². The molecule has 0 spiro atoms. The van der Waals surface area contributed by atoms with Crippen molar-refractivity contribution in [1.29, 1.82) is 0 Å². The van der Waals surface area contributed by atoms with Crippen molar-refractivity contribution in [1.82, 2.24) is 0 Å². The number of carboxylic acid groups (broad SMARTS) is 1. The first kappa shape index (κ1) is 19.0. The summed E-state index contributed by atoms with van der Waals surface area (Å²) in [4.78, 5) is 12.4. The normalized spacial score (nSPS) is 10.7. The van der Waals surface area contributed by atoms with Crippen LogP contribution in [-0.4, -0.2) is 11.1 Å². The number of ether oxygens (including phenoxy) is 1. The highest BCUT2D eigenvalue weighted by Gasteiger charge is 2.16. The number of benzene rings is 3. The zero-order chi connectivity index (χ0) is 20.2. The molecule has 3 nitrogen and oxygen atoms in total. The van der Waals surface area contributed by atoms with Crippen molar-refractivity contribution in [3.63, 3.8) is 0 Å². The van der Waals surface area contributed by atoms with Gasteiger partial charge in [-0.3, -0.25) is 0 Å². The van der Waals surface area contributed by atoms with E-state index >= 15 is 0 Å². The molecule has 1 aromatic heterocycles. The molecule has 0 saturated carbocycles. The van der Waals surface area contributed by atoms with Crippen molar-refractivity contribution in [3.8, 4) is 27.3 Å². The summed E-state index contributed by atoms with van der Waals surface area (Å²) in [6.45, 7) is 2.45. The van der Waals surface area contributed by atoms with Gasteiger partial charge in [-0.1, -0.05) is 54.6 Å². The first-order chi connectivity index (χ1) is 14.1. The molecule has 144 valence electrons. The second-order valence-corrected chi connectivity index (χ2v) is 7.68. The van der Waals surface area contributed by atoms with Gasteiger partial charge in [0.25, 0.3) is 0 Å². The number of aromatic carboxylic acids is 1. The van der Waals surface area contributed by atoms with Crippen LogP contribution in [0.4, 0.5) is 0 Å². The van der Waals surface area contributed by atoms with Crippen LogP contribution in [0.1, 0.15) is 21.5 Å². The molecule has 3 aromatic carbocycles. The minimum absolute atomic E-state index is 0.302. The van der Waals surface area contributed by atoms with Crippen LogP contribution in [0.3, 0.4) is 0 Å². The Bertz CT molecular complexity index is 1150. The third-order valence-corrected chi connectivity index (χ3v) is 5.75. The van der Waals surface area contributed by atoms with E-state index in [1.807, 2.05) is 61.5 Å². The summed E-state index contributed by atoms with van der Waals surface area (Å²) in [5.74, 6) is -0.0819. The first-order valence-corrected chi connectivity index (χ1v) is 10.2. The van der Waals surface area contributed by atoms with Gasteiger partial charge in [0, 0.05) is 16.0 Å². The zero-order valence-electron chi connectivity index (χ0n) is 16.0. The summed E-state index contributed by atoms with van der Waals surface area (Å²) in [7, 11) is 0. The van der Waals surface area contributed by atoms with E-state index < -0.39 is 5.97 Å². The number of thiophene rings is 1. The minimum atomic E-state index is -0.911. The maximum absolute atomic E-state index is 11.3. The molecule has 0 bridgehead atoms. The third-order valence-electron chi connectivity index (χ3n) is 4.80. The van der Waals surface area contributed by atoms with E-state index in [-0.39, 0.29) is 0 Å². The van der Waals surface area contributed by atoms with E-state index in [0.29, 0.717) is 12.2 Å². The smallest absolute Gasteiger partial charge is 0.335 e. The third kappa shape index (κ3) is 4.08. The molecule has 0 saturated heterocycles. The molecular formula is C25H20O3S. The molecular weight excluding hydrogens is 380 g/mol. The molecule has 0 amide bonds. The van der Waals surface area contributed by atoms with Gasteiger partial charge >= 0.3 is 5.97 Å². The maximum Gasteiger partial charge on any atom is 0.335 e. The number of para-hydroxylation sites is 1. The lowest BCUT2D eigenvalue weighted by molar-refractivity contribution is 0.0697. The first-order valence-electron chi connectivity index (χ1n) is 9.31. The van der Waals surface area contributed by atoms with Gasteiger partial charge in [0.05, 0.1) is 5.56 Å². The topological polar surface area (TPSA) is 46.5 Å². The van der Waals surface area contributed by atoms with Crippen LogP contribution in [0.25, 0.3) is 21.6 Å². The molecule has 0 aliphatic heterocycles. The summed E-state index contributed by atoms with van der Waals surface area (Å²) < 4.78 is 6.15. The van der Waals surface area contributed by atoms with E-state index in [4.69, 9.17) is 4.74 Å². The van der Waals surface area contributed by atoms with E-state index in [9.17, 15) is 9.90 Å². The molecule has 4 rings (SSSR count). The number of carbonyl (C=O) groups is 1. The fourth-order valence-corrected chi connectivity index (χ4v) is 4.33. The Morgan fingerprint density at radius 1 is 0.897 bits per heavy atom. The summed E-state index contributed by atoms with van der Waals surface area (Å²) in [5, 5.41) is 11.3. The Morgan fingerprint density at radius 3 is 2.41 bits per heavy atom. The number of rotatable bonds is 6. The van der Waals surface area contributed by atoms with Gasteiger partial charge in [0.2, 0.25) is 0 Å². The lowest BCUT2D eigenvalue weighted by atomic mass is 9.98. The van der Waals surface area contributed by atoms with Gasteiger partial charge in [0.1, 0.15) is 12.4 Å². The van der Waals surface area contributed by atoms with Crippen molar-refractivity contribution in [3.05, 3.63) is 101 Å². The second kappa shape index (κ2) is 8.33. The lowest BCUT2D eigenvalue weighted by Gasteiger charge is -2.13. The van der Waals surface area contributed by atoms with Crippen LogP contribution in [0.2, 0.25) is 0 Å². The number of hydrogen-bond acceptors (Lipinski definition) is 3. The molecule has 0 fully saturated rings. The molecule has 4 aromatic rings. The fourth-order valence-electron chi connectivity index (χ4n) is 3.33. The van der Waals surface area contributed by atoms with Crippen LogP contribution in [0.5, 0.6) is 5.75 Å². The highest BCUT2D eigenvalue weighted by Crippen LogP contribution is 2.42. The summed E-state index contributed by atoms with van der Waals surface area (Å²) in [6.07, 6.45) is 0. The van der Waals surface area contributed by atoms with Gasteiger partial charge in [-0.15, -0.1) is 11.3 Å². The molecule has 0 radical (unpaired) electrons. The van der Waals surface area contributed by atoms with Crippen molar-refractivity contribution in [2.24, 2.45) is 0 Å². The predicted octanol–water partition coefficient (Wildman–Crippen LogP) is 6.67. The average molecular weight is 400 g/mol. The Morgan fingerprint density at radius 2 is 1.66 bits per heavy atom. The monoisotopic (exact) mass is 400 g/mol. The van der Waals surface area contributed by atoms with E-state index in [0.717, 1.165) is 38.4 Å². The Hall–Kier alpha value is -3.37. The second-order valence-electron chi connectivity index (χ2n) is 6.77. The highest BCUT2D eigenvalue weighted by molar-refractivity contribution is 7.14. The molecule has 1 N–H and O–H groups in total.